The Kier molecular flexibility index (Phi) is 6.62. The molecule has 148 valence electrons. The van der Waals surface area contributed by atoms with Crippen molar-refractivity contribution in [2.24, 2.45) is 47.3 Å². The zero-order chi connectivity index (χ0) is 18.8. The molecule has 26 heavy (non-hydrogen) atoms. The van der Waals surface area contributed by atoms with Crippen LogP contribution < -0.4 is 0 Å². The van der Waals surface area contributed by atoms with E-state index in [0.29, 0.717) is 35.2 Å². The number of Topliss-reactive ketones (excluding diaryl/α,β-unsaturated/α-hetero) is 2. The fourth-order valence-corrected chi connectivity index (χ4v) is 5.94. The lowest BCUT2D eigenvalue weighted by molar-refractivity contribution is -0.134. The third-order valence-corrected chi connectivity index (χ3v) is 8.53. The molecule has 0 aliphatic heterocycles. The van der Waals surface area contributed by atoms with Crippen molar-refractivity contribution in [3.63, 3.8) is 0 Å². The van der Waals surface area contributed by atoms with Crippen molar-refractivity contribution in [2.75, 3.05) is 0 Å². The smallest absolute Gasteiger partial charge is 0.139 e. The summed E-state index contributed by atoms with van der Waals surface area (Å²) in [6.45, 7) is 9.28. The van der Waals surface area contributed by atoms with Gasteiger partial charge in [-0.1, -0.05) is 27.7 Å². The Bertz CT molecular complexity index is 456. The highest BCUT2D eigenvalue weighted by atomic mass is 16.1. The van der Waals surface area contributed by atoms with E-state index in [9.17, 15) is 9.59 Å². The van der Waals surface area contributed by atoms with Crippen LogP contribution >= 0.6 is 0 Å². The molecule has 0 aromatic carbocycles. The van der Waals surface area contributed by atoms with E-state index < -0.39 is 0 Å². The Morgan fingerprint density at radius 1 is 0.462 bits per heavy atom. The van der Waals surface area contributed by atoms with Crippen LogP contribution in [0, 0.1) is 47.3 Å². The lowest BCUT2D eigenvalue weighted by atomic mass is 9.67. The molecule has 0 heterocycles. The van der Waals surface area contributed by atoms with E-state index in [0.717, 1.165) is 63.2 Å². The molecule has 0 spiro atoms. The minimum absolute atomic E-state index is 0.245. The molecule has 0 radical (unpaired) electrons. The second kappa shape index (κ2) is 8.57. The van der Waals surface area contributed by atoms with Crippen LogP contribution in [0.3, 0.4) is 0 Å². The molecule has 3 aliphatic carbocycles. The van der Waals surface area contributed by atoms with Crippen molar-refractivity contribution in [3.8, 4) is 0 Å². The van der Waals surface area contributed by atoms with Crippen LogP contribution in [-0.2, 0) is 9.59 Å². The maximum atomic E-state index is 13.0. The molecule has 3 rings (SSSR count). The average Bonchev–Trinajstić information content (AvgIpc) is 2.65. The first-order valence-electron chi connectivity index (χ1n) is 11.4. The Hall–Kier alpha value is -0.660. The fraction of sp³-hybridized carbons (Fsp3) is 0.917. The van der Waals surface area contributed by atoms with Crippen molar-refractivity contribution in [1.29, 1.82) is 0 Å². The second-order valence-corrected chi connectivity index (χ2v) is 10.3. The molecule has 2 nitrogen and oxygen atoms in total. The highest BCUT2D eigenvalue weighted by Gasteiger charge is 2.38. The fourth-order valence-electron chi connectivity index (χ4n) is 5.94. The zero-order valence-electron chi connectivity index (χ0n) is 17.5. The first kappa shape index (κ1) is 20.1. The lowest BCUT2D eigenvalue weighted by Gasteiger charge is -2.36. The number of hydrogen-bond acceptors (Lipinski definition) is 2. The van der Waals surface area contributed by atoms with Gasteiger partial charge in [0.05, 0.1) is 0 Å². The van der Waals surface area contributed by atoms with Crippen LogP contribution in [0.2, 0.25) is 0 Å². The summed E-state index contributed by atoms with van der Waals surface area (Å²) in [7, 11) is 0. The maximum absolute atomic E-state index is 13.0. The normalized spacial score (nSPS) is 44.5. The van der Waals surface area contributed by atoms with E-state index >= 15 is 0 Å². The minimum Gasteiger partial charge on any atom is -0.299 e. The van der Waals surface area contributed by atoms with Crippen LogP contribution in [0.4, 0.5) is 0 Å². The van der Waals surface area contributed by atoms with Crippen molar-refractivity contribution < 1.29 is 9.59 Å². The Labute approximate surface area is 160 Å². The predicted octanol–water partition coefficient (Wildman–Crippen LogP) is 6.08. The molecular weight excluding hydrogens is 320 g/mol. The summed E-state index contributed by atoms with van der Waals surface area (Å²) in [5.41, 5.74) is 0. The summed E-state index contributed by atoms with van der Waals surface area (Å²) in [4.78, 5) is 26.0. The highest BCUT2D eigenvalue weighted by Crippen LogP contribution is 2.41. The van der Waals surface area contributed by atoms with E-state index in [1.165, 1.54) is 12.8 Å². The molecule has 0 bridgehead atoms. The van der Waals surface area contributed by atoms with E-state index in [1.807, 2.05) is 0 Å². The van der Waals surface area contributed by atoms with Crippen LogP contribution in [0.5, 0.6) is 0 Å². The van der Waals surface area contributed by atoms with E-state index in [-0.39, 0.29) is 11.8 Å². The van der Waals surface area contributed by atoms with Gasteiger partial charge in [0.15, 0.2) is 0 Å². The summed E-state index contributed by atoms with van der Waals surface area (Å²) < 4.78 is 0. The first-order chi connectivity index (χ1) is 12.4. The predicted molar refractivity (Wildman–Crippen MR) is 107 cm³/mol. The Balaban J connectivity index is 1.48. The van der Waals surface area contributed by atoms with Gasteiger partial charge in [0.1, 0.15) is 11.6 Å². The molecule has 3 aliphatic rings. The highest BCUT2D eigenvalue weighted by molar-refractivity contribution is 5.86. The van der Waals surface area contributed by atoms with Crippen LogP contribution in [0.1, 0.15) is 91.9 Å². The van der Waals surface area contributed by atoms with Gasteiger partial charge < -0.3 is 0 Å². The molecule has 0 aromatic rings. The average molecular weight is 361 g/mol. The lowest BCUT2D eigenvalue weighted by Crippen LogP contribution is -2.36. The third kappa shape index (κ3) is 4.42. The number of rotatable bonds is 4. The largest absolute Gasteiger partial charge is 0.299 e. The van der Waals surface area contributed by atoms with Crippen LogP contribution in [0.15, 0.2) is 0 Å². The van der Waals surface area contributed by atoms with E-state index in [2.05, 4.69) is 27.7 Å². The number of carbonyl (C=O) groups excluding carboxylic acids is 2. The summed E-state index contributed by atoms with van der Waals surface area (Å²) in [5, 5.41) is 0. The summed E-state index contributed by atoms with van der Waals surface area (Å²) in [5.74, 6) is 5.09. The van der Waals surface area contributed by atoms with Gasteiger partial charge in [-0.25, -0.2) is 0 Å². The summed E-state index contributed by atoms with van der Waals surface area (Å²) >= 11 is 0. The van der Waals surface area contributed by atoms with E-state index in [4.69, 9.17) is 0 Å². The van der Waals surface area contributed by atoms with Gasteiger partial charge in [-0.15, -0.1) is 0 Å². The Morgan fingerprint density at radius 3 is 1.08 bits per heavy atom. The quantitative estimate of drug-likeness (QED) is 0.609. The van der Waals surface area contributed by atoms with Gasteiger partial charge in [-0.2, -0.15) is 0 Å². The maximum Gasteiger partial charge on any atom is 0.139 e. The third-order valence-electron chi connectivity index (χ3n) is 8.53. The number of ketones is 2. The van der Waals surface area contributed by atoms with Gasteiger partial charge in [-0.3, -0.25) is 9.59 Å². The molecule has 2 heteroatoms. The van der Waals surface area contributed by atoms with Crippen LogP contribution in [-0.4, -0.2) is 11.6 Å². The second-order valence-electron chi connectivity index (χ2n) is 10.3. The van der Waals surface area contributed by atoms with Gasteiger partial charge in [0, 0.05) is 23.7 Å². The minimum atomic E-state index is 0.245. The molecule has 3 fully saturated rings. The van der Waals surface area contributed by atoms with Gasteiger partial charge in [0.25, 0.3) is 0 Å². The summed E-state index contributed by atoms with van der Waals surface area (Å²) in [6.07, 6.45) is 10.7. The molecule has 0 saturated heterocycles. The molecule has 3 saturated carbocycles. The van der Waals surface area contributed by atoms with Crippen LogP contribution in [0.25, 0.3) is 0 Å². The van der Waals surface area contributed by atoms with Gasteiger partial charge in [-0.05, 0) is 87.9 Å². The van der Waals surface area contributed by atoms with Crippen molar-refractivity contribution in [2.45, 2.75) is 91.9 Å². The molecule has 6 atom stereocenters. The number of hydrogen-bond donors (Lipinski definition) is 0. The first-order valence-corrected chi connectivity index (χ1v) is 11.4. The van der Waals surface area contributed by atoms with Gasteiger partial charge >= 0.3 is 0 Å². The molecule has 6 unspecified atom stereocenters. The van der Waals surface area contributed by atoms with Crippen molar-refractivity contribution >= 4 is 11.6 Å². The number of carbonyl (C=O) groups is 2. The monoisotopic (exact) mass is 360 g/mol. The zero-order valence-corrected chi connectivity index (χ0v) is 17.5. The van der Waals surface area contributed by atoms with Crippen molar-refractivity contribution in [3.05, 3.63) is 0 Å². The Morgan fingerprint density at radius 2 is 0.769 bits per heavy atom. The topological polar surface area (TPSA) is 34.1 Å². The SMILES string of the molecule is CC1CCC(C(=O)C2CCC(C(=O)C3CCC(C)C(C)C3)CC2)CC1C. The van der Waals surface area contributed by atoms with E-state index in [1.54, 1.807) is 0 Å². The van der Waals surface area contributed by atoms with Crippen molar-refractivity contribution in [1.82, 2.24) is 0 Å². The van der Waals surface area contributed by atoms with Gasteiger partial charge in [0.2, 0.25) is 0 Å². The molecule has 0 aromatic heterocycles. The molecule has 0 amide bonds. The standard InChI is InChI=1S/C24H40O2/c1-15-5-7-21(13-17(15)3)23(25)19-9-11-20(12-10-19)24(26)22-8-6-16(2)18(4)14-22/h15-22H,5-14H2,1-4H3. The molecule has 0 N–H and O–H groups in total. The summed E-state index contributed by atoms with van der Waals surface area (Å²) in [6, 6.07) is 0. The molecular formula is C24H40O2.